The monoisotopic (exact) mass is 256 g/mol. The highest BCUT2D eigenvalue weighted by Gasteiger charge is 2.31. The molecule has 0 aromatic rings. The molecule has 1 aliphatic rings. The number of rotatable bonds is 3. The zero-order valence-electron chi connectivity index (χ0n) is 10.8. The highest BCUT2D eigenvalue weighted by atomic mass is 32.2. The summed E-state index contributed by atoms with van der Waals surface area (Å²) in [5, 5.41) is 0. The Balaban J connectivity index is 3.49. The van der Waals surface area contributed by atoms with E-state index in [1.54, 1.807) is 6.08 Å². The molecule has 3 nitrogen and oxygen atoms in total. The Hall–Kier alpha value is -0.870. The van der Waals surface area contributed by atoms with Crippen LogP contribution in [0.1, 0.15) is 27.7 Å². The summed E-state index contributed by atoms with van der Waals surface area (Å²) in [6.45, 7) is 11.9. The summed E-state index contributed by atoms with van der Waals surface area (Å²) in [5.41, 5.74) is 1.66. The molecule has 4 heteroatoms. The van der Waals surface area contributed by atoms with Crippen molar-refractivity contribution in [2.45, 2.75) is 27.7 Å². The molecule has 0 radical (unpaired) electrons. The van der Waals surface area contributed by atoms with E-state index < -0.39 is 10.1 Å². The topological polar surface area (TPSA) is 54.4 Å². The third-order valence-electron chi connectivity index (χ3n) is 3.03. The van der Waals surface area contributed by atoms with Gasteiger partial charge in [-0.25, -0.2) is 0 Å². The molecule has 17 heavy (non-hydrogen) atoms. The highest BCUT2D eigenvalue weighted by molar-refractivity contribution is 7.90. The zero-order valence-corrected chi connectivity index (χ0v) is 11.6. The number of hydrogen-bond acceptors (Lipinski definition) is 2. The Morgan fingerprint density at radius 1 is 1.24 bits per heavy atom. The molecule has 0 heterocycles. The molecule has 1 unspecified atom stereocenters. The van der Waals surface area contributed by atoms with Gasteiger partial charge < -0.3 is 0 Å². The minimum Gasteiger partial charge on any atom is -0.282 e. The summed E-state index contributed by atoms with van der Waals surface area (Å²) >= 11 is 0. The van der Waals surface area contributed by atoms with Crippen molar-refractivity contribution >= 4 is 10.1 Å². The molecule has 0 saturated heterocycles. The quantitative estimate of drug-likeness (QED) is 0.789. The predicted molar refractivity (Wildman–Crippen MR) is 70.0 cm³/mol. The van der Waals surface area contributed by atoms with Crippen molar-refractivity contribution in [3.05, 3.63) is 34.8 Å². The van der Waals surface area contributed by atoms with Crippen LogP contribution in [-0.2, 0) is 10.1 Å². The molecule has 0 saturated carbocycles. The predicted octanol–water partition coefficient (Wildman–Crippen LogP) is 3.18. The first kappa shape index (κ1) is 14.2. The van der Waals surface area contributed by atoms with E-state index in [-0.39, 0.29) is 22.7 Å². The van der Waals surface area contributed by atoms with Crippen LogP contribution in [-0.4, -0.2) is 13.0 Å². The Morgan fingerprint density at radius 2 is 1.76 bits per heavy atom. The first-order chi connectivity index (χ1) is 7.66. The van der Waals surface area contributed by atoms with Gasteiger partial charge in [0.15, 0.2) is 0 Å². The summed E-state index contributed by atoms with van der Waals surface area (Å²) < 4.78 is 32.1. The molecule has 0 aromatic carbocycles. The average molecular weight is 256 g/mol. The van der Waals surface area contributed by atoms with Crippen LogP contribution < -0.4 is 0 Å². The summed E-state index contributed by atoms with van der Waals surface area (Å²) in [6, 6.07) is 0. The summed E-state index contributed by atoms with van der Waals surface area (Å²) in [5.74, 6) is 0.291. The van der Waals surface area contributed by atoms with Crippen molar-refractivity contribution in [2.24, 2.45) is 17.8 Å². The summed E-state index contributed by atoms with van der Waals surface area (Å²) in [6.07, 6.45) is 3.13. The first-order valence-electron chi connectivity index (χ1n) is 5.74. The normalized spacial score (nSPS) is 21.8. The van der Waals surface area contributed by atoms with Crippen LogP contribution in [0.25, 0.3) is 0 Å². The molecular weight excluding hydrogens is 236 g/mol. The fourth-order valence-electron chi connectivity index (χ4n) is 2.40. The lowest BCUT2D eigenvalue weighted by Gasteiger charge is -2.31. The van der Waals surface area contributed by atoms with Gasteiger partial charge in [-0.1, -0.05) is 40.3 Å². The molecule has 0 aliphatic heterocycles. The first-order valence-corrected chi connectivity index (χ1v) is 7.18. The fourth-order valence-corrected chi connectivity index (χ4v) is 3.30. The van der Waals surface area contributed by atoms with E-state index in [1.807, 2.05) is 27.7 Å². The fraction of sp³-hybridized carbons (Fsp3) is 0.538. The van der Waals surface area contributed by atoms with Crippen LogP contribution in [0.15, 0.2) is 34.8 Å². The van der Waals surface area contributed by atoms with E-state index in [1.165, 1.54) is 6.08 Å². The van der Waals surface area contributed by atoms with Crippen LogP contribution in [0.2, 0.25) is 0 Å². The molecule has 0 spiro atoms. The van der Waals surface area contributed by atoms with E-state index >= 15 is 0 Å². The van der Waals surface area contributed by atoms with Gasteiger partial charge in [-0.05, 0) is 29.1 Å². The molecule has 0 bridgehead atoms. The van der Waals surface area contributed by atoms with Gasteiger partial charge in [-0.3, -0.25) is 4.55 Å². The van der Waals surface area contributed by atoms with Crippen LogP contribution in [0, 0.1) is 17.8 Å². The van der Waals surface area contributed by atoms with Gasteiger partial charge in [0.25, 0.3) is 10.1 Å². The van der Waals surface area contributed by atoms with Gasteiger partial charge in [0.1, 0.15) is 0 Å². The molecule has 1 atom stereocenters. The lowest BCUT2D eigenvalue weighted by Crippen LogP contribution is -2.23. The molecular formula is C13H20O3S. The maximum Gasteiger partial charge on any atom is 0.294 e. The Labute approximate surface area is 104 Å². The number of hydrogen-bond donors (Lipinski definition) is 1. The Bertz CT molecular complexity index is 479. The second kappa shape index (κ2) is 4.78. The largest absolute Gasteiger partial charge is 0.294 e. The van der Waals surface area contributed by atoms with E-state index in [0.29, 0.717) is 0 Å². The minimum atomic E-state index is -4.16. The van der Waals surface area contributed by atoms with Gasteiger partial charge in [-0.15, -0.1) is 0 Å². The SMILES string of the molecule is C=C1C=CC(S(=O)(=O)O)=C(C(C)C)C1C(C)C. The lowest BCUT2D eigenvalue weighted by molar-refractivity contribution is 0.459. The maximum absolute atomic E-state index is 11.4. The standard InChI is InChI=1S/C13H20O3S/c1-8(2)12-10(5)6-7-11(17(14,15)16)13(12)9(3)4/h6-9,12H,5H2,1-4H3,(H,14,15,16). The molecule has 0 aromatic heterocycles. The molecule has 0 fully saturated rings. The van der Waals surface area contributed by atoms with Crippen LogP contribution >= 0.6 is 0 Å². The summed E-state index contributed by atoms with van der Waals surface area (Å²) in [4.78, 5) is 0.0404. The van der Waals surface area contributed by atoms with Gasteiger partial charge in [0.2, 0.25) is 0 Å². The smallest absolute Gasteiger partial charge is 0.282 e. The molecule has 1 aliphatic carbocycles. The Kier molecular flexibility index (Phi) is 3.99. The number of allylic oxidation sites excluding steroid dienone is 4. The molecule has 1 N–H and O–H groups in total. The lowest BCUT2D eigenvalue weighted by atomic mass is 9.75. The van der Waals surface area contributed by atoms with E-state index in [9.17, 15) is 13.0 Å². The zero-order chi connectivity index (χ0) is 13.4. The van der Waals surface area contributed by atoms with Gasteiger partial charge in [-0.2, -0.15) is 8.42 Å². The second-order valence-electron chi connectivity index (χ2n) is 5.08. The van der Waals surface area contributed by atoms with Crippen molar-refractivity contribution in [2.75, 3.05) is 0 Å². The van der Waals surface area contributed by atoms with Crippen LogP contribution in [0.4, 0.5) is 0 Å². The Morgan fingerprint density at radius 3 is 2.12 bits per heavy atom. The minimum absolute atomic E-state index is 0.0167. The highest BCUT2D eigenvalue weighted by Crippen LogP contribution is 2.39. The van der Waals surface area contributed by atoms with Crippen molar-refractivity contribution in [3.63, 3.8) is 0 Å². The van der Waals surface area contributed by atoms with Crippen molar-refractivity contribution < 1.29 is 13.0 Å². The molecule has 96 valence electrons. The summed E-state index contributed by atoms with van der Waals surface area (Å²) in [7, 11) is -4.16. The second-order valence-corrected chi connectivity index (χ2v) is 6.47. The van der Waals surface area contributed by atoms with Crippen molar-refractivity contribution in [1.82, 2.24) is 0 Å². The van der Waals surface area contributed by atoms with E-state index in [4.69, 9.17) is 0 Å². The van der Waals surface area contributed by atoms with Crippen molar-refractivity contribution in [3.8, 4) is 0 Å². The maximum atomic E-state index is 11.4. The van der Waals surface area contributed by atoms with Gasteiger partial charge in [0, 0.05) is 5.92 Å². The molecule has 1 rings (SSSR count). The molecule has 0 amide bonds. The average Bonchev–Trinajstić information content (AvgIpc) is 2.14. The van der Waals surface area contributed by atoms with Crippen LogP contribution in [0.3, 0.4) is 0 Å². The van der Waals surface area contributed by atoms with Crippen molar-refractivity contribution in [1.29, 1.82) is 0 Å². The third-order valence-corrected chi connectivity index (χ3v) is 3.96. The van der Waals surface area contributed by atoms with Crippen LogP contribution in [0.5, 0.6) is 0 Å². The van der Waals surface area contributed by atoms with E-state index in [0.717, 1.165) is 11.1 Å². The third kappa shape index (κ3) is 2.87. The van der Waals surface area contributed by atoms with Gasteiger partial charge >= 0.3 is 0 Å². The van der Waals surface area contributed by atoms with E-state index in [2.05, 4.69) is 6.58 Å². The van der Waals surface area contributed by atoms with Gasteiger partial charge in [0.05, 0.1) is 4.91 Å².